The molecule has 2 aromatic carbocycles. The fraction of sp³-hybridized carbons (Fsp3) is 0.158. The van der Waals surface area contributed by atoms with Crippen molar-refractivity contribution < 1.29 is 23.1 Å². The molecule has 0 aliphatic carbocycles. The summed E-state index contributed by atoms with van der Waals surface area (Å²) in [6.07, 6.45) is 1.88. The number of nitrogens with zero attached hydrogens (tertiary/aromatic N) is 1. The number of ether oxygens (including phenoxy) is 1. The van der Waals surface area contributed by atoms with Crippen molar-refractivity contribution in [2.45, 2.75) is 4.90 Å². The highest BCUT2D eigenvalue weighted by atomic mass is 32.2. The zero-order valence-corrected chi connectivity index (χ0v) is 15.4. The van der Waals surface area contributed by atoms with Gasteiger partial charge in [0.1, 0.15) is 5.75 Å². The molecule has 0 bridgehead atoms. The standard InChI is InChI=1S/C19H18N2O5S/c1-26-16-4-2-13(3-5-16)14-10-15-12-20-7-6-17(15)18(11-14)27(24,25)9-8-21-19(22)23/h2-7,10-12,21H,8-9H2,1H3,(H,22,23). The van der Waals surface area contributed by atoms with Crippen molar-refractivity contribution in [1.82, 2.24) is 10.3 Å². The van der Waals surface area contributed by atoms with Crippen LogP contribution < -0.4 is 10.1 Å². The number of pyridine rings is 1. The van der Waals surface area contributed by atoms with Gasteiger partial charge in [-0.25, -0.2) is 13.2 Å². The second-order valence-electron chi connectivity index (χ2n) is 5.85. The van der Waals surface area contributed by atoms with E-state index in [1.807, 2.05) is 18.2 Å². The van der Waals surface area contributed by atoms with E-state index in [-0.39, 0.29) is 17.2 Å². The number of carbonyl (C=O) groups is 1. The molecule has 0 unspecified atom stereocenters. The van der Waals surface area contributed by atoms with Crippen molar-refractivity contribution in [2.24, 2.45) is 0 Å². The summed E-state index contributed by atoms with van der Waals surface area (Å²) in [5.41, 5.74) is 1.56. The third kappa shape index (κ3) is 4.17. The largest absolute Gasteiger partial charge is 0.497 e. The van der Waals surface area contributed by atoms with Crippen molar-refractivity contribution in [3.8, 4) is 16.9 Å². The van der Waals surface area contributed by atoms with Crippen LogP contribution in [0.3, 0.4) is 0 Å². The Morgan fingerprint density at radius 3 is 2.56 bits per heavy atom. The first kappa shape index (κ1) is 18.7. The Morgan fingerprint density at radius 2 is 1.89 bits per heavy atom. The highest BCUT2D eigenvalue weighted by molar-refractivity contribution is 7.91. The minimum Gasteiger partial charge on any atom is -0.497 e. The lowest BCUT2D eigenvalue weighted by Crippen LogP contribution is -2.27. The molecular formula is C19H18N2O5S. The summed E-state index contributed by atoms with van der Waals surface area (Å²) >= 11 is 0. The summed E-state index contributed by atoms with van der Waals surface area (Å²) in [5, 5.41) is 12.0. The van der Waals surface area contributed by atoms with Crippen LogP contribution in [0.5, 0.6) is 5.75 Å². The average molecular weight is 386 g/mol. The van der Waals surface area contributed by atoms with Gasteiger partial charge < -0.3 is 15.2 Å². The van der Waals surface area contributed by atoms with Gasteiger partial charge in [0.15, 0.2) is 9.84 Å². The van der Waals surface area contributed by atoms with E-state index in [9.17, 15) is 13.2 Å². The van der Waals surface area contributed by atoms with Crippen LogP contribution in [0.15, 0.2) is 59.8 Å². The minimum atomic E-state index is -3.70. The van der Waals surface area contributed by atoms with Gasteiger partial charge in [0, 0.05) is 29.7 Å². The zero-order valence-electron chi connectivity index (χ0n) is 14.5. The number of methoxy groups -OCH3 is 1. The average Bonchev–Trinajstić information content (AvgIpc) is 2.66. The number of hydrogen-bond donors (Lipinski definition) is 2. The maximum absolute atomic E-state index is 12.8. The van der Waals surface area contributed by atoms with Gasteiger partial charge in [0.25, 0.3) is 0 Å². The fourth-order valence-electron chi connectivity index (χ4n) is 2.78. The Kier molecular flexibility index (Phi) is 5.27. The molecule has 0 saturated carbocycles. The number of rotatable bonds is 6. The molecule has 8 heteroatoms. The van der Waals surface area contributed by atoms with Crippen molar-refractivity contribution >= 4 is 26.7 Å². The van der Waals surface area contributed by atoms with Crippen LogP contribution in [0, 0.1) is 0 Å². The Bertz CT molecular complexity index is 1080. The summed E-state index contributed by atoms with van der Waals surface area (Å²) in [7, 11) is -2.13. The first-order chi connectivity index (χ1) is 12.9. The molecule has 0 spiro atoms. The lowest BCUT2D eigenvalue weighted by atomic mass is 10.0. The van der Waals surface area contributed by atoms with E-state index < -0.39 is 15.9 Å². The molecule has 27 heavy (non-hydrogen) atoms. The normalized spacial score (nSPS) is 11.3. The molecule has 7 nitrogen and oxygen atoms in total. The molecule has 3 rings (SSSR count). The van der Waals surface area contributed by atoms with Gasteiger partial charge in [-0.3, -0.25) is 4.98 Å². The first-order valence-electron chi connectivity index (χ1n) is 8.12. The lowest BCUT2D eigenvalue weighted by Gasteiger charge is -2.12. The summed E-state index contributed by atoms with van der Waals surface area (Å²) in [4.78, 5) is 14.8. The van der Waals surface area contributed by atoms with Gasteiger partial charge in [-0.05, 0) is 41.5 Å². The second kappa shape index (κ2) is 7.63. The molecule has 3 aromatic rings. The Morgan fingerprint density at radius 1 is 1.15 bits per heavy atom. The van der Waals surface area contributed by atoms with Crippen LogP contribution in [-0.2, 0) is 9.84 Å². The van der Waals surface area contributed by atoms with E-state index in [4.69, 9.17) is 9.84 Å². The third-order valence-corrected chi connectivity index (χ3v) is 5.87. The minimum absolute atomic E-state index is 0.153. The smallest absolute Gasteiger partial charge is 0.404 e. The molecule has 0 radical (unpaired) electrons. The van der Waals surface area contributed by atoms with Crippen molar-refractivity contribution in [3.63, 3.8) is 0 Å². The molecule has 0 atom stereocenters. The van der Waals surface area contributed by atoms with Crippen LogP contribution >= 0.6 is 0 Å². The molecule has 0 saturated heterocycles. The number of sulfone groups is 1. The van der Waals surface area contributed by atoms with Crippen LogP contribution in [0.1, 0.15) is 0 Å². The van der Waals surface area contributed by atoms with Gasteiger partial charge in [-0.15, -0.1) is 0 Å². The van der Waals surface area contributed by atoms with E-state index in [2.05, 4.69) is 10.3 Å². The number of carboxylic acid groups (broad SMARTS) is 1. The maximum atomic E-state index is 12.8. The van der Waals surface area contributed by atoms with E-state index in [1.165, 1.54) is 6.20 Å². The molecule has 0 aliphatic rings. The topological polar surface area (TPSA) is 106 Å². The monoisotopic (exact) mass is 386 g/mol. The van der Waals surface area contributed by atoms with Gasteiger partial charge in [0.05, 0.1) is 17.8 Å². The third-order valence-electron chi connectivity index (χ3n) is 4.12. The van der Waals surface area contributed by atoms with Crippen molar-refractivity contribution in [2.75, 3.05) is 19.4 Å². The molecule has 0 fully saturated rings. The number of benzene rings is 2. The van der Waals surface area contributed by atoms with Gasteiger partial charge >= 0.3 is 6.09 Å². The summed E-state index contributed by atoms with van der Waals surface area (Å²) in [6.45, 7) is -0.184. The van der Waals surface area contributed by atoms with Crippen LogP contribution in [-0.4, -0.2) is 44.0 Å². The molecule has 140 valence electrons. The number of amides is 1. The number of hydrogen-bond acceptors (Lipinski definition) is 5. The van der Waals surface area contributed by atoms with E-state index in [0.29, 0.717) is 16.5 Å². The molecule has 1 amide bonds. The van der Waals surface area contributed by atoms with E-state index >= 15 is 0 Å². The zero-order chi connectivity index (χ0) is 19.4. The van der Waals surface area contributed by atoms with Crippen LogP contribution in [0.25, 0.3) is 21.9 Å². The number of nitrogens with one attached hydrogen (secondary N) is 1. The van der Waals surface area contributed by atoms with Crippen LogP contribution in [0.4, 0.5) is 4.79 Å². The maximum Gasteiger partial charge on any atom is 0.404 e. The predicted octanol–water partition coefficient (Wildman–Crippen LogP) is 2.95. The van der Waals surface area contributed by atoms with Gasteiger partial charge in [0.2, 0.25) is 0 Å². The molecule has 0 aliphatic heterocycles. The first-order valence-corrected chi connectivity index (χ1v) is 9.78. The highest BCUT2D eigenvalue weighted by Crippen LogP contribution is 2.31. The molecule has 1 aromatic heterocycles. The van der Waals surface area contributed by atoms with E-state index in [0.717, 1.165) is 11.1 Å². The predicted molar refractivity (Wildman–Crippen MR) is 102 cm³/mol. The lowest BCUT2D eigenvalue weighted by molar-refractivity contribution is 0.195. The molecule has 1 heterocycles. The number of fused-ring (bicyclic) bond motifs is 1. The van der Waals surface area contributed by atoms with E-state index in [1.54, 1.807) is 37.6 Å². The quantitative estimate of drug-likeness (QED) is 0.675. The van der Waals surface area contributed by atoms with Gasteiger partial charge in [-0.1, -0.05) is 12.1 Å². The van der Waals surface area contributed by atoms with Crippen molar-refractivity contribution in [3.05, 3.63) is 54.9 Å². The summed E-state index contributed by atoms with van der Waals surface area (Å²) in [6, 6.07) is 12.4. The molecular weight excluding hydrogens is 368 g/mol. The number of aromatic nitrogens is 1. The summed E-state index contributed by atoms with van der Waals surface area (Å²) < 4.78 is 30.8. The molecule has 2 N–H and O–H groups in total. The summed E-state index contributed by atoms with van der Waals surface area (Å²) in [5.74, 6) is 0.372. The Labute approximate surface area is 156 Å². The van der Waals surface area contributed by atoms with Crippen molar-refractivity contribution in [1.29, 1.82) is 0 Å². The second-order valence-corrected chi connectivity index (χ2v) is 7.93. The Hall–Kier alpha value is -3.13. The SMILES string of the molecule is COc1ccc(-c2cc(S(=O)(=O)CCNC(=O)O)c3ccncc3c2)cc1. The fourth-order valence-corrected chi connectivity index (χ4v) is 4.20. The van der Waals surface area contributed by atoms with Gasteiger partial charge in [-0.2, -0.15) is 0 Å². The highest BCUT2D eigenvalue weighted by Gasteiger charge is 2.19. The Balaban J connectivity index is 2.09. The van der Waals surface area contributed by atoms with Crippen LogP contribution in [0.2, 0.25) is 0 Å².